The topological polar surface area (TPSA) is 104 Å². The summed E-state index contributed by atoms with van der Waals surface area (Å²) in [5, 5.41) is 20.5. The predicted molar refractivity (Wildman–Crippen MR) is 131 cm³/mol. The van der Waals surface area contributed by atoms with Gasteiger partial charge < -0.3 is 33.9 Å². The lowest BCUT2D eigenvalue weighted by atomic mass is 9.81. The lowest BCUT2D eigenvalue weighted by molar-refractivity contribution is -0.141. The van der Waals surface area contributed by atoms with Gasteiger partial charge in [0.05, 0.1) is 27.2 Å². The van der Waals surface area contributed by atoms with Crippen LogP contribution in [-0.4, -0.2) is 44.1 Å². The van der Waals surface area contributed by atoms with Crippen molar-refractivity contribution in [1.82, 2.24) is 0 Å². The molecule has 188 valence electrons. The van der Waals surface area contributed by atoms with Gasteiger partial charge in [0.2, 0.25) is 5.75 Å². The van der Waals surface area contributed by atoms with Crippen LogP contribution in [0.4, 0.5) is 0 Å². The summed E-state index contributed by atoms with van der Waals surface area (Å²) in [6.45, 7) is 1.48. The van der Waals surface area contributed by atoms with Crippen LogP contribution in [0.5, 0.6) is 34.5 Å². The third kappa shape index (κ3) is 3.92. The molecule has 1 aliphatic heterocycles. The summed E-state index contributed by atoms with van der Waals surface area (Å²) >= 11 is 0. The molecule has 1 heterocycles. The molecule has 0 saturated carbocycles. The highest BCUT2D eigenvalue weighted by Gasteiger charge is 2.39. The van der Waals surface area contributed by atoms with Crippen molar-refractivity contribution in [2.24, 2.45) is 0 Å². The zero-order valence-electron chi connectivity index (χ0n) is 20.6. The SMILES string of the molecule is COc1cc([C@@H]2Oc3cc4c(cc3[C@H]2COC(C)=O)-c2c(cc(O)cc2OC)CC4)cc(OC)c1O. The molecule has 3 aromatic rings. The first kappa shape index (κ1) is 23.7. The Kier molecular flexibility index (Phi) is 6.04. The summed E-state index contributed by atoms with van der Waals surface area (Å²) in [7, 11) is 4.52. The number of aryl methyl sites for hydroxylation is 2. The average molecular weight is 493 g/mol. The number of methoxy groups -OCH3 is 3. The summed E-state index contributed by atoms with van der Waals surface area (Å²) in [4.78, 5) is 11.7. The van der Waals surface area contributed by atoms with E-state index in [0.717, 1.165) is 46.2 Å². The Bertz CT molecular complexity index is 1300. The number of phenols is 2. The van der Waals surface area contributed by atoms with E-state index in [2.05, 4.69) is 6.07 Å². The number of phenolic OH excluding ortho intramolecular Hbond substituents is 2. The Hall–Kier alpha value is -4.07. The van der Waals surface area contributed by atoms with Crippen LogP contribution in [0.3, 0.4) is 0 Å². The molecule has 8 nitrogen and oxygen atoms in total. The molecule has 8 heteroatoms. The van der Waals surface area contributed by atoms with Gasteiger partial charge in [-0.1, -0.05) is 0 Å². The van der Waals surface area contributed by atoms with Crippen molar-refractivity contribution in [3.8, 4) is 45.6 Å². The summed E-state index contributed by atoms with van der Waals surface area (Å²) in [6, 6.07) is 10.9. The molecular weight excluding hydrogens is 464 g/mol. The van der Waals surface area contributed by atoms with E-state index in [1.807, 2.05) is 6.07 Å². The third-order valence-corrected chi connectivity index (χ3v) is 6.87. The Labute approximate surface area is 209 Å². The molecular formula is C28H28O8. The first-order valence-corrected chi connectivity index (χ1v) is 11.7. The normalized spacial score (nSPS) is 17.3. The van der Waals surface area contributed by atoms with Gasteiger partial charge in [0.15, 0.2) is 11.5 Å². The molecule has 2 atom stereocenters. The van der Waals surface area contributed by atoms with E-state index in [1.165, 1.54) is 21.1 Å². The van der Waals surface area contributed by atoms with Crippen molar-refractivity contribution < 1.29 is 38.7 Å². The third-order valence-electron chi connectivity index (χ3n) is 6.87. The minimum atomic E-state index is -0.507. The lowest BCUT2D eigenvalue weighted by Gasteiger charge is -2.24. The first-order valence-electron chi connectivity index (χ1n) is 11.7. The fourth-order valence-corrected chi connectivity index (χ4v) is 5.21. The molecule has 0 fully saturated rings. The summed E-state index contributed by atoms with van der Waals surface area (Å²) in [5.41, 5.74) is 5.69. The number of carbonyl (C=O) groups is 1. The maximum Gasteiger partial charge on any atom is 0.302 e. The largest absolute Gasteiger partial charge is 0.508 e. The average Bonchev–Trinajstić information content (AvgIpc) is 3.22. The molecule has 0 spiro atoms. The molecule has 0 aromatic heterocycles. The van der Waals surface area contributed by atoms with E-state index >= 15 is 0 Å². The summed E-state index contributed by atoms with van der Waals surface area (Å²) < 4.78 is 28.2. The van der Waals surface area contributed by atoms with E-state index in [-0.39, 0.29) is 41.5 Å². The number of carbonyl (C=O) groups excluding carboxylic acids is 1. The van der Waals surface area contributed by atoms with Crippen LogP contribution in [0.15, 0.2) is 36.4 Å². The van der Waals surface area contributed by atoms with E-state index in [1.54, 1.807) is 31.4 Å². The van der Waals surface area contributed by atoms with Crippen molar-refractivity contribution >= 4 is 5.97 Å². The van der Waals surface area contributed by atoms with E-state index in [9.17, 15) is 15.0 Å². The van der Waals surface area contributed by atoms with Gasteiger partial charge in [0, 0.05) is 29.7 Å². The molecule has 0 unspecified atom stereocenters. The minimum absolute atomic E-state index is 0.0989. The zero-order chi connectivity index (χ0) is 25.6. The van der Waals surface area contributed by atoms with Crippen molar-refractivity contribution in [2.75, 3.05) is 27.9 Å². The highest BCUT2D eigenvalue weighted by molar-refractivity contribution is 5.81. The second-order valence-electron chi connectivity index (χ2n) is 8.95. The van der Waals surface area contributed by atoms with Crippen LogP contribution in [0.25, 0.3) is 11.1 Å². The standard InChI is InChI=1S/C28H28O8/c1-14(29)35-13-21-20-12-19-15(5-6-16-7-18(30)11-23(32-2)26(16)19)8-22(20)36-28(21)17-9-24(33-3)27(31)25(10-17)34-4/h7-12,21,28,30-31H,5-6,13H2,1-4H3/t21-,28+/m1/s1. The number of hydrogen-bond donors (Lipinski definition) is 2. The van der Waals surface area contributed by atoms with Gasteiger partial charge in [-0.25, -0.2) is 0 Å². The number of hydrogen-bond acceptors (Lipinski definition) is 8. The number of ether oxygens (including phenoxy) is 5. The van der Waals surface area contributed by atoms with E-state index in [0.29, 0.717) is 11.5 Å². The molecule has 5 rings (SSSR count). The van der Waals surface area contributed by atoms with Crippen molar-refractivity contribution in [3.05, 3.63) is 58.7 Å². The van der Waals surface area contributed by atoms with Crippen molar-refractivity contribution in [1.29, 1.82) is 0 Å². The Morgan fingerprint density at radius 1 is 0.917 bits per heavy atom. The second-order valence-corrected chi connectivity index (χ2v) is 8.95. The number of benzene rings is 3. The monoisotopic (exact) mass is 492 g/mol. The van der Waals surface area contributed by atoms with Gasteiger partial charge >= 0.3 is 5.97 Å². The predicted octanol–water partition coefficient (Wildman–Crippen LogP) is 4.67. The van der Waals surface area contributed by atoms with Crippen LogP contribution in [0.1, 0.15) is 41.2 Å². The Balaban J connectivity index is 1.64. The highest BCUT2D eigenvalue weighted by atomic mass is 16.5. The molecule has 2 N–H and O–H groups in total. The molecule has 2 aliphatic rings. The van der Waals surface area contributed by atoms with Crippen molar-refractivity contribution in [3.63, 3.8) is 0 Å². The summed E-state index contributed by atoms with van der Waals surface area (Å²) in [5.74, 6) is 1.19. The summed E-state index contributed by atoms with van der Waals surface area (Å²) in [6.07, 6.45) is 1.04. The van der Waals surface area contributed by atoms with Crippen LogP contribution >= 0.6 is 0 Å². The molecule has 0 radical (unpaired) electrons. The highest BCUT2D eigenvalue weighted by Crippen LogP contribution is 2.52. The molecule has 3 aromatic carbocycles. The fraction of sp³-hybridized carbons (Fsp3) is 0.321. The molecule has 1 aliphatic carbocycles. The number of fused-ring (bicyclic) bond motifs is 4. The molecule has 0 bridgehead atoms. The molecule has 36 heavy (non-hydrogen) atoms. The maximum atomic E-state index is 11.7. The fourth-order valence-electron chi connectivity index (χ4n) is 5.21. The Morgan fingerprint density at radius 2 is 1.58 bits per heavy atom. The quantitative estimate of drug-likeness (QED) is 0.479. The zero-order valence-corrected chi connectivity index (χ0v) is 20.6. The van der Waals surface area contributed by atoms with Gasteiger partial charge in [0.1, 0.15) is 30.0 Å². The number of esters is 1. The van der Waals surface area contributed by atoms with Crippen LogP contribution in [-0.2, 0) is 22.4 Å². The van der Waals surface area contributed by atoms with Gasteiger partial charge in [-0.3, -0.25) is 4.79 Å². The second kappa shape index (κ2) is 9.18. The molecule has 0 saturated heterocycles. The van der Waals surface area contributed by atoms with E-state index < -0.39 is 6.10 Å². The van der Waals surface area contributed by atoms with Gasteiger partial charge in [0.25, 0.3) is 0 Å². The van der Waals surface area contributed by atoms with Crippen LogP contribution in [0, 0.1) is 0 Å². The van der Waals surface area contributed by atoms with Gasteiger partial charge in [-0.2, -0.15) is 0 Å². The Morgan fingerprint density at radius 3 is 2.22 bits per heavy atom. The van der Waals surface area contributed by atoms with Crippen molar-refractivity contribution in [2.45, 2.75) is 31.8 Å². The van der Waals surface area contributed by atoms with Crippen LogP contribution in [0.2, 0.25) is 0 Å². The van der Waals surface area contributed by atoms with Gasteiger partial charge in [-0.05, 0) is 59.9 Å². The lowest BCUT2D eigenvalue weighted by Crippen LogP contribution is -2.17. The maximum absolute atomic E-state index is 11.7. The minimum Gasteiger partial charge on any atom is -0.508 e. The molecule has 0 amide bonds. The number of rotatable bonds is 6. The first-order chi connectivity index (χ1) is 17.3. The van der Waals surface area contributed by atoms with Crippen LogP contribution < -0.4 is 18.9 Å². The number of aromatic hydroxyl groups is 2. The smallest absolute Gasteiger partial charge is 0.302 e. The van der Waals surface area contributed by atoms with Gasteiger partial charge in [-0.15, -0.1) is 0 Å². The van der Waals surface area contributed by atoms with E-state index in [4.69, 9.17) is 23.7 Å².